The first-order valence-corrected chi connectivity index (χ1v) is 8.19. The van der Waals surface area contributed by atoms with E-state index in [1.807, 2.05) is 0 Å². The highest BCUT2D eigenvalue weighted by molar-refractivity contribution is 5.93. The minimum atomic E-state index is -4.77. The lowest BCUT2D eigenvalue weighted by atomic mass is 10.1. The number of carbonyl (C=O) groups is 1. The zero-order valence-electron chi connectivity index (χ0n) is 15.0. The predicted molar refractivity (Wildman–Crippen MR) is 98.9 cm³/mol. The topological polar surface area (TPSA) is 99.4 Å². The lowest BCUT2D eigenvalue weighted by Crippen LogP contribution is -2.16. The molecule has 3 rings (SSSR count). The second kappa shape index (κ2) is 8.05. The maximum atomic E-state index is 12.3. The lowest BCUT2D eigenvalue weighted by molar-refractivity contribution is -0.274. The Morgan fingerprint density at radius 2 is 1.72 bits per heavy atom. The first kappa shape index (κ1) is 19.9. The molecule has 0 aliphatic rings. The number of hydrogen-bond donors (Lipinski definition) is 2. The third-order valence-corrected chi connectivity index (χ3v) is 3.76. The summed E-state index contributed by atoms with van der Waals surface area (Å²) < 4.78 is 46.1. The van der Waals surface area contributed by atoms with Gasteiger partial charge in [0, 0.05) is 16.8 Å². The van der Waals surface area contributed by atoms with Crippen LogP contribution in [-0.2, 0) is 0 Å². The Bertz CT molecular complexity index is 1010. The second-order valence-electron chi connectivity index (χ2n) is 5.75. The molecule has 0 fully saturated rings. The van der Waals surface area contributed by atoms with Crippen molar-refractivity contribution in [1.82, 2.24) is 9.97 Å². The number of hydrogen-bond acceptors (Lipinski definition) is 6. The molecule has 0 saturated heterocycles. The van der Waals surface area contributed by atoms with E-state index in [9.17, 15) is 18.0 Å². The summed E-state index contributed by atoms with van der Waals surface area (Å²) in [6, 6.07) is 11.6. The van der Waals surface area contributed by atoms with E-state index >= 15 is 0 Å². The Kier molecular flexibility index (Phi) is 5.53. The minimum Gasteiger partial charge on any atom is -0.493 e. The zero-order valence-corrected chi connectivity index (χ0v) is 15.0. The van der Waals surface area contributed by atoms with Crippen molar-refractivity contribution in [2.45, 2.75) is 6.36 Å². The molecule has 7 nitrogen and oxygen atoms in total. The van der Waals surface area contributed by atoms with Crippen LogP contribution in [-0.4, -0.2) is 29.3 Å². The third kappa shape index (κ3) is 5.12. The van der Waals surface area contributed by atoms with Crippen LogP contribution in [0.1, 0.15) is 10.4 Å². The van der Waals surface area contributed by atoms with Crippen LogP contribution in [0.5, 0.6) is 11.5 Å². The summed E-state index contributed by atoms with van der Waals surface area (Å²) in [6.45, 7) is 0. The predicted octanol–water partition coefficient (Wildman–Crippen LogP) is 3.89. The summed E-state index contributed by atoms with van der Waals surface area (Å²) >= 11 is 0. The Morgan fingerprint density at radius 1 is 1.07 bits per heavy atom. The van der Waals surface area contributed by atoms with Crippen molar-refractivity contribution in [3.05, 3.63) is 60.3 Å². The fourth-order valence-corrected chi connectivity index (χ4v) is 2.45. The summed E-state index contributed by atoms with van der Waals surface area (Å²) in [5.74, 6) is -0.327. The Morgan fingerprint density at radius 3 is 2.28 bits per heavy atom. The highest BCUT2D eigenvalue weighted by Crippen LogP contribution is 2.31. The molecule has 0 spiro atoms. The summed E-state index contributed by atoms with van der Waals surface area (Å²) in [4.78, 5) is 19.6. The van der Waals surface area contributed by atoms with Crippen molar-refractivity contribution in [1.29, 1.82) is 0 Å². The molecule has 1 heterocycles. The van der Waals surface area contributed by atoms with Crippen molar-refractivity contribution in [2.24, 2.45) is 5.73 Å². The molecule has 2 aromatic carbocycles. The molecule has 3 N–H and O–H groups in total. The van der Waals surface area contributed by atoms with Gasteiger partial charge >= 0.3 is 6.36 Å². The number of amides is 1. The number of carbonyl (C=O) groups excluding carboxylic acids is 1. The number of nitrogens with zero attached hydrogens (tertiary/aromatic N) is 2. The second-order valence-corrected chi connectivity index (χ2v) is 5.75. The number of primary amides is 1. The number of alkyl halides is 3. The first-order valence-electron chi connectivity index (χ1n) is 8.19. The zero-order chi connectivity index (χ0) is 21.0. The first-order chi connectivity index (χ1) is 13.7. The van der Waals surface area contributed by atoms with Gasteiger partial charge in [0.15, 0.2) is 5.75 Å². The van der Waals surface area contributed by atoms with E-state index in [2.05, 4.69) is 20.0 Å². The van der Waals surface area contributed by atoms with Crippen LogP contribution in [0.4, 0.5) is 24.8 Å². The molecule has 29 heavy (non-hydrogen) atoms. The fraction of sp³-hybridized carbons (Fsp3) is 0.105. The van der Waals surface area contributed by atoms with E-state index < -0.39 is 12.3 Å². The van der Waals surface area contributed by atoms with Gasteiger partial charge in [0.25, 0.3) is 0 Å². The molecule has 0 radical (unpaired) electrons. The van der Waals surface area contributed by atoms with Crippen LogP contribution in [0, 0.1) is 0 Å². The molecule has 150 valence electrons. The molecule has 0 unspecified atom stereocenters. The van der Waals surface area contributed by atoms with Crippen molar-refractivity contribution < 1.29 is 27.4 Å². The third-order valence-electron chi connectivity index (χ3n) is 3.76. The highest BCUT2D eigenvalue weighted by Gasteiger charge is 2.31. The number of aromatic nitrogens is 2. The van der Waals surface area contributed by atoms with Crippen molar-refractivity contribution in [2.75, 3.05) is 12.4 Å². The van der Waals surface area contributed by atoms with Gasteiger partial charge in [-0.25, -0.2) is 9.97 Å². The summed E-state index contributed by atoms with van der Waals surface area (Å²) in [5, 5.41) is 2.97. The van der Waals surface area contributed by atoms with Gasteiger partial charge in [-0.3, -0.25) is 4.79 Å². The summed E-state index contributed by atoms with van der Waals surface area (Å²) in [7, 11) is 1.43. The molecule has 10 heteroatoms. The van der Waals surface area contributed by atoms with E-state index in [4.69, 9.17) is 10.5 Å². The largest absolute Gasteiger partial charge is 0.573 e. The Balaban J connectivity index is 1.86. The minimum absolute atomic E-state index is 0.225. The van der Waals surface area contributed by atoms with Crippen LogP contribution >= 0.6 is 0 Å². The maximum absolute atomic E-state index is 12.3. The van der Waals surface area contributed by atoms with E-state index in [-0.39, 0.29) is 11.7 Å². The van der Waals surface area contributed by atoms with Crippen LogP contribution in [0.15, 0.2) is 54.7 Å². The van der Waals surface area contributed by atoms with E-state index in [0.29, 0.717) is 28.3 Å². The van der Waals surface area contributed by atoms with Crippen LogP contribution in [0.25, 0.3) is 11.3 Å². The number of nitrogens with two attached hydrogens (primary N) is 1. The maximum Gasteiger partial charge on any atom is 0.573 e. The molecule has 1 aromatic heterocycles. The molecular formula is C19H15F3N4O3. The molecule has 1 amide bonds. The number of benzene rings is 2. The van der Waals surface area contributed by atoms with Crippen molar-refractivity contribution in [3.63, 3.8) is 0 Å². The average Bonchev–Trinajstić information content (AvgIpc) is 2.68. The van der Waals surface area contributed by atoms with E-state index in [1.54, 1.807) is 24.3 Å². The molecule has 0 saturated carbocycles. The standard InChI is InChI=1S/C19H15F3N4O3/c1-28-15-10-24-18(25-13-6-2-12(3-7-13)17(23)27)26-16(15)11-4-8-14(9-5-11)29-19(20,21)22/h2-10H,1H3,(H2,23,27)(H,24,25,26). The molecule has 3 aromatic rings. The van der Waals surface area contributed by atoms with Gasteiger partial charge < -0.3 is 20.5 Å². The number of rotatable bonds is 6. The number of halogens is 3. The van der Waals surface area contributed by atoms with Crippen LogP contribution in [0.2, 0.25) is 0 Å². The SMILES string of the molecule is COc1cnc(Nc2ccc(C(N)=O)cc2)nc1-c1ccc(OC(F)(F)F)cc1. The molecule has 0 atom stereocenters. The van der Waals surface area contributed by atoms with Crippen molar-refractivity contribution in [3.8, 4) is 22.8 Å². The van der Waals surface area contributed by atoms with E-state index in [1.165, 1.54) is 37.6 Å². The fourth-order valence-electron chi connectivity index (χ4n) is 2.45. The van der Waals surface area contributed by atoms with Gasteiger partial charge in [0.05, 0.1) is 13.3 Å². The Hall–Kier alpha value is -3.82. The van der Waals surface area contributed by atoms with E-state index in [0.717, 1.165) is 0 Å². The van der Waals surface area contributed by atoms with Crippen LogP contribution < -0.4 is 20.5 Å². The van der Waals surface area contributed by atoms with Gasteiger partial charge in [-0.15, -0.1) is 13.2 Å². The van der Waals surface area contributed by atoms with Crippen molar-refractivity contribution >= 4 is 17.5 Å². The van der Waals surface area contributed by atoms with Gasteiger partial charge in [0.1, 0.15) is 11.4 Å². The number of ether oxygens (including phenoxy) is 2. The molecule has 0 bridgehead atoms. The lowest BCUT2D eigenvalue weighted by Gasteiger charge is -2.12. The number of nitrogens with one attached hydrogen (secondary N) is 1. The Labute approximate surface area is 163 Å². The normalized spacial score (nSPS) is 11.0. The van der Waals surface area contributed by atoms with Gasteiger partial charge in [-0.05, 0) is 48.5 Å². The average molecular weight is 404 g/mol. The van der Waals surface area contributed by atoms with Gasteiger partial charge in [-0.1, -0.05) is 0 Å². The highest BCUT2D eigenvalue weighted by atomic mass is 19.4. The van der Waals surface area contributed by atoms with Crippen LogP contribution in [0.3, 0.4) is 0 Å². The number of methoxy groups -OCH3 is 1. The molecular weight excluding hydrogens is 389 g/mol. The summed E-state index contributed by atoms with van der Waals surface area (Å²) in [5.41, 5.74) is 7.05. The van der Waals surface area contributed by atoms with Gasteiger partial charge in [0.2, 0.25) is 11.9 Å². The molecule has 0 aliphatic heterocycles. The smallest absolute Gasteiger partial charge is 0.493 e. The summed E-state index contributed by atoms with van der Waals surface area (Å²) in [6.07, 6.45) is -3.34. The quantitative estimate of drug-likeness (QED) is 0.647. The van der Waals surface area contributed by atoms with Gasteiger partial charge in [-0.2, -0.15) is 0 Å². The number of anilines is 2. The molecule has 0 aliphatic carbocycles. The monoisotopic (exact) mass is 404 g/mol.